The number of primary amides is 1. The molecular formula is C6H7F2N3O. The Morgan fingerprint density at radius 2 is 2.33 bits per heavy atom. The molecule has 0 fully saturated rings. The van der Waals surface area contributed by atoms with Crippen molar-refractivity contribution in [1.82, 2.24) is 9.78 Å². The molecule has 2 N–H and O–H groups in total. The molecule has 4 nitrogen and oxygen atoms in total. The molecule has 0 bridgehead atoms. The van der Waals surface area contributed by atoms with Gasteiger partial charge in [0.1, 0.15) is 5.69 Å². The van der Waals surface area contributed by atoms with E-state index in [9.17, 15) is 13.6 Å². The van der Waals surface area contributed by atoms with Crippen LogP contribution < -0.4 is 5.73 Å². The molecule has 66 valence electrons. The molecule has 12 heavy (non-hydrogen) atoms. The lowest BCUT2D eigenvalue weighted by molar-refractivity contribution is 0.0985. The van der Waals surface area contributed by atoms with Crippen LogP contribution in [0.5, 0.6) is 0 Å². The number of nitrogens with two attached hydrogens (primary N) is 1. The van der Waals surface area contributed by atoms with Crippen LogP contribution in [-0.2, 0) is 7.05 Å². The predicted octanol–water partition coefficient (Wildman–Crippen LogP) is 0.457. The fourth-order valence-corrected chi connectivity index (χ4v) is 0.857. The Bertz CT molecular complexity index is 308. The van der Waals surface area contributed by atoms with Crippen LogP contribution in [0.3, 0.4) is 0 Å². The summed E-state index contributed by atoms with van der Waals surface area (Å²) in [5.41, 5.74) is 4.05. The highest BCUT2D eigenvalue weighted by molar-refractivity contribution is 5.93. The minimum Gasteiger partial charge on any atom is -0.365 e. The Morgan fingerprint density at radius 1 is 1.75 bits per heavy atom. The third kappa shape index (κ3) is 1.41. The molecule has 0 radical (unpaired) electrons. The topological polar surface area (TPSA) is 60.9 Å². The lowest BCUT2D eigenvalue weighted by Gasteiger charge is -1.94. The van der Waals surface area contributed by atoms with Crippen molar-refractivity contribution >= 4 is 5.91 Å². The quantitative estimate of drug-likeness (QED) is 0.709. The van der Waals surface area contributed by atoms with Crippen molar-refractivity contribution in [2.75, 3.05) is 0 Å². The lowest BCUT2D eigenvalue weighted by atomic mass is 10.2. The van der Waals surface area contributed by atoms with E-state index < -0.39 is 18.0 Å². The fourth-order valence-electron chi connectivity index (χ4n) is 0.857. The largest absolute Gasteiger partial charge is 0.365 e. The summed E-state index contributed by atoms with van der Waals surface area (Å²) in [7, 11) is 1.44. The Labute approximate surface area is 67.0 Å². The maximum Gasteiger partial charge on any atom is 0.282 e. The number of hydrogen-bond acceptors (Lipinski definition) is 2. The minimum atomic E-state index is -2.77. The van der Waals surface area contributed by atoms with E-state index in [2.05, 4.69) is 5.10 Å². The fraction of sp³-hybridized carbons (Fsp3) is 0.333. The van der Waals surface area contributed by atoms with Crippen LogP contribution in [0.4, 0.5) is 8.78 Å². The summed E-state index contributed by atoms with van der Waals surface area (Å²) in [5, 5.41) is 3.40. The van der Waals surface area contributed by atoms with Gasteiger partial charge in [0.05, 0.1) is 5.56 Å². The van der Waals surface area contributed by atoms with Crippen LogP contribution in [0.2, 0.25) is 0 Å². The first-order chi connectivity index (χ1) is 5.52. The van der Waals surface area contributed by atoms with Gasteiger partial charge in [-0.3, -0.25) is 9.48 Å². The molecule has 0 aromatic carbocycles. The smallest absolute Gasteiger partial charge is 0.282 e. The van der Waals surface area contributed by atoms with Crippen LogP contribution >= 0.6 is 0 Å². The second-order valence-corrected chi connectivity index (χ2v) is 2.27. The normalized spacial score (nSPS) is 10.7. The lowest BCUT2D eigenvalue weighted by Crippen LogP contribution is -2.12. The Hall–Kier alpha value is -1.46. The molecule has 0 aliphatic rings. The maximum absolute atomic E-state index is 12.1. The molecule has 0 saturated carbocycles. The first-order valence-corrected chi connectivity index (χ1v) is 3.14. The first-order valence-electron chi connectivity index (χ1n) is 3.14. The van der Waals surface area contributed by atoms with Gasteiger partial charge in [-0.15, -0.1) is 0 Å². The maximum atomic E-state index is 12.1. The van der Waals surface area contributed by atoms with Gasteiger partial charge >= 0.3 is 0 Å². The molecule has 1 rings (SSSR count). The van der Waals surface area contributed by atoms with E-state index >= 15 is 0 Å². The van der Waals surface area contributed by atoms with Crippen LogP contribution in [0.1, 0.15) is 22.5 Å². The molecule has 0 atom stereocenters. The zero-order chi connectivity index (χ0) is 9.30. The van der Waals surface area contributed by atoms with Gasteiger partial charge in [0.2, 0.25) is 0 Å². The number of alkyl halides is 2. The van der Waals surface area contributed by atoms with E-state index in [4.69, 9.17) is 5.73 Å². The van der Waals surface area contributed by atoms with Gasteiger partial charge in [0, 0.05) is 13.2 Å². The number of aryl methyl sites for hydroxylation is 1. The van der Waals surface area contributed by atoms with Gasteiger partial charge in [0.25, 0.3) is 12.3 Å². The molecule has 1 aromatic heterocycles. The van der Waals surface area contributed by atoms with Crippen molar-refractivity contribution in [1.29, 1.82) is 0 Å². The number of rotatable bonds is 2. The highest BCUT2D eigenvalue weighted by Gasteiger charge is 2.20. The van der Waals surface area contributed by atoms with Crippen LogP contribution in [0.15, 0.2) is 6.20 Å². The number of halogens is 2. The molecule has 0 unspecified atom stereocenters. The summed E-state index contributed by atoms with van der Waals surface area (Å²) in [6.45, 7) is 0. The van der Waals surface area contributed by atoms with E-state index in [-0.39, 0.29) is 5.56 Å². The number of hydrogen-bond donors (Lipinski definition) is 1. The standard InChI is InChI=1S/C6H7F2N3O/c1-11-2-3(6(9)12)4(10-11)5(7)8/h2,5H,1H3,(H2,9,12). The number of carbonyl (C=O) groups excluding carboxylic acids is 1. The van der Waals surface area contributed by atoms with E-state index in [0.717, 1.165) is 4.68 Å². The summed E-state index contributed by atoms with van der Waals surface area (Å²) >= 11 is 0. The van der Waals surface area contributed by atoms with Crippen LogP contribution in [0, 0.1) is 0 Å². The Morgan fingerprint density at radius 3 is 2.67 bits per heavy atom. The highest BCUT2D eigenvalue weighted by Crippen LogP contribution is 2.20. The molecule has 0 spiro atoms. The average Bonchev–Trinajstić information content (AvgIpc) is 2.31. The molecule has 0 saturated heterocycles. The van der Waals surface area contributed by atoms with Gasteiger partial charge in [-0.2, -0.15) is 5.10 Å². The third-order valence-corrected chi connectivity index (χ3v) is 1.33. The van der Waals surface area contributed by atoms with Gasteiger partial charge in [-0.05, 0) is 0 Å². The molecule has 1 aromatic rings. The number of nitrogens with zero attached hydrogens (tertiary/aromatic N) is 2. The van der Waals surface area contributed by atoms with E-state index in [0.29, 0.717) is 0 Å². The Kier molecular flexibility index (Phi) is 2.07. The third-order valence-electron chi connectivity index (χ3n) is 1.33. The SMILES string of the molecule is Cn1cc(C(N)=O)c(C(F)F)n1. The van der Waals surface area contributed by atoms with Gasteiger partial charge in [-0.1, -0.05) is 0 Å². The zero-order valence-corrected chi connectivity index (χ0v) is 6.29. The van der Waals surface area contributed by atoms with Crippen LogP contribution in [-0.4, -0.2) is 15.7 Å². The number of carbonyl (C=O) groups is 1. The second-order valence-electron chi connectivity index (χ2n) is 2.27. The van der Waals surface area contributed by atoms with Crippen molar-refractivity contribution in [3.63, 3.8) is 0 Å². The summed E-state index contributed by atoms with van der Waals surface area (Å²) in [6, 6.07) is 0. The van der Waals surface area contributed by atoms with Crippen molar-refractivity contribution in [2.24, 2.45) is 12.8 Å². The van der Waals surface area contributed by atoms with Gasteiger partial charge in [0.15, 0.2) is 0 Å². The first kappa shape index (κ1) is 8.63. The minimum absolute atomic E-state index is 0.229. The zero-order valence-electron chi connectivity index (χ0n) is 6.29. The summed E-state index contributed by atoms with van der Waals surface area (Å²) < 4.78 is 25.4. The Balaban J connectivity index is 3.17. The molecule has 0 aliphatic heterocycles. The second kappa shape index (κ2) is 2.88. The van der Waals surface area contributed by atoms with Crippen LogP contribution in [0.25, 0.3) is 0 Å². The summed E-state index contributed by atoms with van der Waals surface area (Å²) in [6.07, 6.45) is -1.60. The average molecular weight is 175 g/mol. The molecule has 6 heteroatoms. The van der Waals surface area contributed by atoms with Crippen molar-refractivity contribution in [2.45, 2.75) is 6.43 Å². The van der Waals surface area contributed by atoms with Crippen molar-refractivity contribution in [3.8, 4) is 0 Å². The van der Waals surface area contributed by atoms with Gasteiger partial charge < -0.3 is 5.73 Å². The molecule has 1 heterocycles. The molecular weight excluding hydrogens is 168 g/mol. The molecule has 1 amide bonds. The summed E-state index contributed by atoms with van der Waals surface area (Å²) in [4.78, 5) is 10.6. The number of amides is 1. The predicted molar refractivity (Wildman–Crippen MR) is 36.7 cm³/mol. The highest BCUT2D eigenvalue weighted by atomic mass is 19.3. The summed E-state index contributed by atoms with van der Waals surface area (Å²) in [5.74, 6) is -0.890. The monoisotopic (exact) mass is 175 g/mol. The van der Waals surface area contributed by atoms with Crippen molar-refractivity contribution in [3.05, 3.63) is 17.5 Å². The van der Waals surface area contributed by atoms with Gasteiger partial charge in [-0.25, -0.2) is 8.78 Å². The van der Waals surface area contributed by atoms with Crippen molar-refractivity contribution < 1.29 is 13.6 Å². The van der Waals surface area contributed by atoms with E-state index in [1.165, 1.54) is 13.2 Å². The molecule has 0 aliphatic carbocycles. The van der Waals surface area contributed by atoms with E-state index in [1.54, 1.807) is 0 Å². The van der Waals surface area contributed by atoms with E-state index in [1.807, 2.05) is 0 Å². The number of aromatic nitrogens is 2.